The van der Waals surface area contributed by atoms with E-state index < -0.39 is 54.4 Å². The Kier molecular flexibility index (Phi) is 3.99. The van der Waals surface area contributed by atoms with Gasteiger partial charge < -0.3 is 20.1 Å². The summed E-state index contributed by atoms with van der Waals surface area (Å²) in [6, 6.07) is 0. The van der Waals surface area contributed by atoms with E-state index in [-0.39, 0.29) is 0 Å². The number of aliphatic hydroxyl groups excluding tert-OH is 3. The standard InChI is InChI=1S/C10H12F2N2O6/c11-7(12)3-1-14(10(19)13-8(3)18)9-6(17)5(16)4(2-15)20-9/h1,4-7,9,15-17H,2H2,(H,13,18,19)/t4-,5-,6+,9-/m1/s1. The van der Waals surface area contributed by atoms with Crippen molar-refractivity contribution in [1.29, 1.82) is 0 Å². The molecule has 1 saturated heterocycles. The van der Waals surface area contributed by atoms with E-state index in [9.17, 15) is 28.6 Å². The second-order valence-corrected chi connectivity index (χ2v) is 4.28. The molecular weight excluding hydrogens is 282 g/mol. The molecular formula is C10H12F2N2O6. The monoisotopic (exact) mass is 294 g/mol. The first-order valence-electron chi connectivity index (χ1n) is 5.62. The molecule has 20 heavy (non-hydrogen) atoms. The van der Waals surface area contributed by atoms with E-state index in [0.717, 1.165) is 0 Å². The van der Waals surface area contributed by atoms with Crippen LogP contribution in [-0.2, 0) is 4.74 Å². The number of rotatable bonds is 3. The van der Waals surface area contributed by atoms with Crippen molar-refractivity contribution >= 4 is 0 Å². The third-order valence-corrected chi connectivity index (χ3v) is 3.02. The lowest BCUT2D eigenvalue weighted by atomic mass is 10.1. The van der Waals surface area contributed by atoms with Crippen LogP contribution < -0.4 is 11.2 Å². The highest BCUT2D eigenvalue weighted by molar-refractivity contribution is 5.07. The number of alkyl halides is 2. The molecule has 2 heterocycles. The largest absolute Gasteiger partial charge is 0.394 e. The molecule has 112 valence electrons. The van der Waals surface area contributed by atoms with Gasteiger partial charge in [-0.3, -0.25) is 14.3 Å². The maximum Gasteiger partial charge on any atom is 0.330 e. The summed E-state index contributed by atoms with van der Waals surface area (Å²) in [5.41, 5.74) is -3.29. The number of nitrogens with zero attached hydrogens (tertiary/aromatic N) is 1. The number of halogens is 2. The minimum atomic E-state index is -3.12. The summed E-state index contributed by atoms with van der Waals surface area (Å²) in [4.78, 5) is 24.4. The summed E-state index contributed by atoms with van der Waals surface area (Å²) < 4.78 is 30.8. The van der Waals surface area contributed by atoms with Crippen LogP contribution in [0.15, 0.2) is 15.8 Å². The van der Waals surface area contributed by atoms with Crippen LogP contribution >= 0.6 is 0 Å². The van der Waals surface area contributed by atoms with Crippen molar-refractivity contribution in [2.45, 2.75) is 31.0 Å². The van der Waals surface area contributed by atoms with Crippen molar-refractivity contribution in [3.63, 3.8) is 0 Å². The highest BCUT2D eigenvalue weighted by atomic mass is 19.3. The van der Waals surface area contributed by atoms with Gasteiger partial charge in [-0.05, 0) is 0 Å². The van der Waals surface area contributed by atoms with Crippen molar-refractivity contribution < 1.29 is 28.8 Å². The minimum absolute atomic E-state index is 0.548. The van der Waals surface area contributed by atoms with Gasteiger partial charge in [0.15, 0.2) is 6.23 Å². The number of aromatic amines is 1. The molecule has 1 aromatic rings. The lowest BCUT2D eigenvalue weighted by Crippen LogP contribution is -2.39. The normalized spacial score (nSPS) is 30.1. The van der Waals surface area contributed by atoms with Crippen molar-refractivity contribution in [2.24, 2.45) is 0 Å². The molecule has 0 aliphatic carbocycles. The number of ether oxygens (including phenoxy) is 1. The Bertz CT molecular complexity index is 600. The van der Waals surface area contributed by atoms with Crippen molar-refractivity contribution in [3.05, 3.63) is 32.6 Å². The Balaban J connectivity index is 2.46. The molecule has 1 aliphatic rings. The second kappa shape index (κ2) is 5.40. The fraction of sp³-hybridized carbons (Fsp3) is 0.600. The Labute approximate surface area is 109 Å². The second-order valence-electron chi connectivity index (χ2n) is 4.28. The first-order chi connectivity index (χ1) is 9.36. The van der Waals surface area contributed by atoms with E-state index >= 15 is 0 Å². The van der Waals surface area contributed by atoms with Crippen molar-refractivity contribution in [2.75, 3.05) is 6.61 Å². The lowest BCUT2D eigenvalue weighted by molar-refractivity contribution is -0.0554. The topological polar surface area (TPSA) is 125 Å². The SMILES string of the molecule is O=c1[nH]c(=O)n([C@@H]2O[C@H](CO)[C@@H](O)[C@@H]2O)cc1C(F)F. The summed E-state index contributed by atoms with van der Waals surface area (Å²) in [5.74, 6) is 0. The molecule has 0 unspecified atom stereocenters. The first-order valence-corrected chi connectivity index (χ1v) is 5.62. The molecule has 8 nitrogen and oxygen atoms in total. The Hall–Kier alpha value is -1.62. The molecule has 0 saturated carbocycles. The van der Waals surface area contributed by atoms with Gasteiger partial charge in [0.1, 0.15) is 18.3 Å². The van der Waals surface area contributed by atoms with Crippen LogP contribution in [-0.4, -0.2) is 49.8 Å². The third-order valence-electron chi connectivity index (χ3n) is 3.02. The average molecular weight is 294 g/mol. The molecule has 0 radical (unpaired) electrons. The van der Waals surface area contributed by atoms with Crippen molar-refractivity contribution in [3.8, 4) is 0 Å². The summed E-state index contributed by atoms with van der Waals surface area (Å²) >= 11 is 0. The fourth-order valence-electron chi connectivity index (χ4n) is 1.96. The molecule has 0 aromatic carbocycles. The van der Waals surface area contributed by atoms with Crippen LogP contribution in [0.4, 0.5) is 8.78 Å². The van der Waals surface area contributed by atoms with Gasteiger partial charge in [-0.1, -0.05) is 0 Å². The van der Waals surface area contributed by atoms with E-state index in [2.05, 4.69) is 0 Å². The number of hydrogen-bond acceptors (Lipinski definition) is 6. The minimum Gasteiger partial charge on any atom is -0.394 e. The maximum atomic E-state index is 12.6. The zero-order valence-electron chi connectivity index (χ0n) is 9.94. The molecule has 4 N–H and O–H groups in total. The van der Waals surface area contributed by atoms with Gasteiger partial charge in [-0.2, -0.15) is 0 Å². The predicted molar refractivity (Wildman–Crippen MR) is 59.3 cm³/mol. The summed E-state index contributed by atoms with van der Waals surface area (Å²) in [6.07, 6.45) is -8.30. The molecule has 0 amide bonds. The number of nitrogens with one attached hydrogen (secondary N) is 1. The van der Waals surface area contributed by atoms with E-state index in [1.54, 1.807) is 4.98 Å². The van der Waals surface area contributed by atoms with Gasteiger partial charge in [-0.25, -0.2) is 13.6 Å². The Morgan fingerprint density at radius 2 is 2.00 bits per heavy atom. The Morgan fingerprint density at radius 1 is 1.35 bits per heavy atom. The van der Waals surface area contributed by atoms with Crippen LogP contribution in [0.3, 0.4) is 0 Å². The van der Waals surface area contributed by atoms with Crippen LogP contribution in [0.5, 0.6) is 0 Å². The highest BCUT2D eigenvalue weighted by Gasteiger charge is 2.44. The summed E-state index contributed by atoms with van der Waals surface area (Å²) in [6.45, 7) is -0.630. The third kappa shape index (κ3) is 2.38. The zero-order valence-corrected chi connectivity index (χ0v) is 9.94. The van der Waals surface area contributed by atoms with Gasteiger partial charge in [-0.15, -0.1) is 0 Å². The van der Waals surface area contributed by atoms with E-state index in [1.807, 2.05) is 0 Å². The number of aromatic nitrogens is 2. The smallest absolute Gasteiger partial charge is 0.330 e. The molecule has 4 atom stereocenters. The number of H-pyrrole nitrogens is 1. The molecule has 1 aliphatic heterocycles. The average Bonchev–Trinajstić information content (AvgIpc) is 2.66. The van der Waals surface area contributed by atoms with Gasteiger partial charge in [0, 0.05) is 6.20 Å². The maximum absolute atomic E-state index is 12.6. The molecule has 2 rings (SSSR count). The van der Waals surface area contributed by atoms with Crippen LogP contribution in [0.1, 0.15) is 18.2 Å². The van der Waals surface area contributed by atoms with Crippen LogP contribution in [0.2, 0.25) is 0 Å². The number of hydrogen-bond donors (Lipinski definition) is 4. The molecule has 0 bridgehead atoms. The van der Waals surface area contributed by atoms with E-state index in [4.69, 9.17) is 9.84 Å². The zero-order chi connectivity index (χ0) is 15.0. The van der Waals surface area contributed by atoms with Gasteiger partial charge in [0.25, 0.3) is 12.0 Å². The van der Waals surface area contributed by atoms with E-state index in [1.165, 1.54) is 0 Å². The molecule has 1 aromatic heterocycles. The van der Waals surface area contributed by atoms with Crippen LogP contribution in [0.25, 0.3) is 0 Å². The Morgan fingerprint density at radius 3 is 2.50 bits per heavy atom. The van der Waals surface area contributed by atoms with Crippen LogP contribution in [0, 0.1) is 0 Å². The molecule has 1 fully saturated rings. The quantitative estimate of drug-likeness (QED) is 0.515. The van der Waals surface area contributed by atoms with Gasteiger partial charge in [0.05, 0.1) is 12.2 Å². The first kappa shape index (κ1) is 14.8. The molecule has 0 spiro atoms. The fourth-order valence-corrected chi connectivity index (χ4v) is 1.96. The highest BCUT2D eigenvalue weighted by Crippen LogP contribution is 2.28. The number of aliphatic hydroxyl groups is 3. The van der Waals surface area contributed by atoms with Gasteiger partial charge in [0.2, 0.25) is 0 Å². The summed E-state index contributed by atoms with van der Waals surface area (Å²) in [7, 11) is 0. The van der Waals surface area contributed by atoms with E-state index in [0.29, 0.717) is 10.8 Å². The van der Waals surface area contributed by atoms with Gasteiger partial charge >= 0.3 is 5.69 Å². The molecule has 10 heteroatoms. The predicted octanol–water partition coefficient (Wildman–Crippen LogP) is -1.91. The lowest BCUT2D eigenvalue weighted by Gasteiger charge is -2.17. The summed E-state index contributed by atoms with van der Waals surface area (Å²) in [5, 5.41) is 28.2. The van der Waals surface area contributed by atoms with Crippen molar-refractivity contribution in [1.82, 2.24) is 9.55 Å².